The van der Waals surface area contributed by atoms with E-state index in [1.165, 1.54) is 12.1 Å². The van der Waals surface area contributed by atoms with Crippen molar-refractivity contribution in [3.8, 4) is 11.5 Å². The van der Waals surface area contributed by atoms with E-state index < -0.39 is 10.0 Å². The van der Waals surface area contributed by atoms with Gasteiger partial charge in [-0.15, -0.1) is 24.8 Å². The average molecular weight is 386 g/mol. The van der Waals surface area contributed by atoms with E-state index in [0.717, 1.165) is 26.2 Å². The van der Waals surface area contributed by atoms with Gasteiger partial charge in [-0.05, 0) is 12.1 Å². The molecule has 2 aliphatic heterocycles. The number of fused-ring (bicyclic) bond motifs is 1. The Hall–Kier alpha value is -0.770. The van der Waals surface area contributed by atoms with Crippen LogP contribution in [0.3, 0.4) is 0 Å². The molecule has 7 nitrogen and oxygen atoms in total. The Morgan fingerprint density at radius 2 is 1.83 bits per heavy atom. The highest BCUT2D eigenvalue weighted by Gasteiger charge is 2.20. The van der Waals surface area contributed by atoms with Crippen molar-refractivity contribution in [2.45, 2.75) is 4.90 Å². The van der Waals surface area contributed by atoms with Gasteiger partial charge in [0.25, 0.3) is 0 Å². The molecule has 0 amide bonds. The third kappa shape index (κ3) is 5.10. The van der Waals surface area contributed by atoms with Crippen LogP contribution in [0.5, 0.6) is 11.5 Å². The molecule has 132 valence electrons. The van der Waals surface area contributed by atoms with Crippen LogP contribution in [0.15, 0.2) is 23.1 Å². The van der Waals surface area contributed by atoms with Crippen LogP contribution in [-0.2, 0) is 10.0 Å². The van der Waals surface area contributed by atoms with Crippen molar-refractivity contribution >= 4 is 34.8 Å². The summed E-state index contributed by atoms with van der Waals surface area (Å²) in [5.74, 6) is 1.05. The standard InChI is InChI=1S/C13H19N3O4S.2ClH/c17-21(18,15-5-8-16-6-3-14-4-7-16)11-1-2-12-13(9-11)20-10-19-12;;/h1-2,9,14-15H,3-8,10H2;2*1H. The number of sulfonamides is 1. The summed E-state index contributed by atoms with van der Waals surface area (Å²) in [7, 11) is -3.51. The zero-order chi connectivity index (χ0) is 14.7. The fourth-order valence-electron chi connectivity index (χ4n) is 2.40. The van der Waals surface area contributed by atoms with Gasteiger partial charge in [-0.1, -0.05) is 0 Å². The van der Waals surface area contributed by atoms with E-state index >= 15 is 0 Å². The molecule has 1 aromatic carbocycles. The lowest BCUT2D eigenvalue weighted by Gasteiger charge is -2.27. The minimum Gasteiger partial charge on any atom is -0.454 e. The molecule has 0 radical (unpaired) electrons. The molecule has 0 aromatic heterocycles. The van der Waals surface area contributed by atoms with Gasteiger partial charge in [0.2, 0.25) is 16.8 Å². The highest BCUT2D eigenvalue weighted by Crippen LogP contribution is 2.33. The maximum Gasteiger partial charge on any atom is 0.240 e. The Morgan fingerprint density at radius 3 is 2.57 bits per heavy atom. The number of nitrogens with one attached hydrogen (secondary N) is 2. The predicted octanol–water partition coefficient (Wildman–Crippen LogP) is 0.442. The summed E-state index contributed by atoms with van der Waals surface area (Å²) >= 11 is 0. The van der Waals surface area contributed by atoms with Crippen molar-refractivity contribution in [2.24, 2.45) is 0 Å². The van der Waals surface area contributed by atoms with Crippen molar-refractivity contribution in [2.75, 3.05) is 46.1 Å². The summed E-state index contributed by atoms with van der Waals surface area (Å²) in [4.78, 5) is 2.44. The first kappa shape index (κ1) is 20.3. The van der Waals surface area contributed by atoms with Gasteiger partial charge in [0.05, 0.1) is 4.90 Å². The van der Waals surface area contributed by atoms with Crippen LogP contribution >= 0.6 is 24.8 Å². The molecule has 23 heavy (non-hydrogen) atoms. The van der Waals surface area contributed by atoms with Gasteiger partial charge in [0.15, 0.2) is 11.5 Å². The second-order valence-electron chi connectivity index (χ2n) is 5.00. The molecule has 3 rings (SSSR count). The maximum absolute atomic E-state index is 12.2. The molecule has 1 fully saturated rings. The molecule has 1 aromatic rings. The average Bonchev–Trinajstić information content (AvgIpc) is 2.95. The van der Waals surface area contributed by atoms with E-state index in [1.807, 2.05) is 0 Å². The van der Waals surface area contributed by atoms with E-state index in [2.05, 4.69) is 14.9 Å². The van der Waals surface area contributed by atoms with Crippen molar-refractivity contribution in [1.29, 1.82) is 0 Å². The van der Waals surface area contributed by atoms with E-state index in [4.69, 9.17) is 9.47 Å². The molecule has 2 heterocycles. The fourth-order valence-corrected chi connectivity index (χ4v) is 3.44. The Kier molecular flexibility index (Phi) is 7.85. The van der Waals surface area contributed by atoms with Gasteiger partial charge in [-0.2, -0.15) is 0 Å². The number of rotatable bonds is 5. The zero-order valence-corrected chi connectivity index (χ0v) is 14.9. The first-order valence-corrected chi connectivity index (χ1v) is 8.46. The maximum atomic E-state index is 12.2. The summed E-state index contributed by atoms with van der Waals surface area (Å²) < 4.78 is 37.5. The van der Waals surface area contributed by atoms with Crippen LogP contribution in [0.25, 0.3) is 0 Å². The summed E-state index contributed by atoms with van der Waals surface area (Å²) in [5.41, 5.74) is 0. The Morgan fingerprint density at radius 1 is 1.13 bits per heavy atom. The molecular weight excluding hydrogens is 365 g/mol. The lowest BCUT2D eigenvalue weighted by molar-refractivity contribution is 0.174. The Bertz CT molecular complexity index is 609. The third-order valence-electron chi connectivity index (χ3n) is 3.58. The van der Waals surface area contributed by atoms with Crippen LogP contribution in [0.4, 0.5) is 0 Å². The highest BCUT2D eigenvalue weighted by atomic mass is 35.5. The van der Waals surface area contributed by atoms with Crippen LogP contribution < -0.4 is 19.5 Å². The molecule has 0 bridgehead atoms. The summed E-state index contributed by atoms with van der Waals surface area (Å²) in [5, 5.41) is 3.27. The molecule has 0 unspecified atom stereocenters. The fraction of sp³-hybridized carbons (Fsp3) is 0.538. The van der Waals surface area contributed by atoms with Crippen molar-refractivity contribution in [1.82, 2.24) is 14.9 Å². The lowest BCUT2D eigenvalue weighted by Crippen LogP contribution is -2.46. The largest absolute Gasteiger partial charge is 0.454 e. The van der Waals surface area contributed by atoms with Gasteiger partial charge in [-0.25, -0.2) is 13.1 Å². The molecule has 10 heteroatoms. The first-order chi connectivity index (χ1) is 10.1. The van der Waals surface area contributed by atoms with E-state index in [0.29, 0.717) is 24.6 Å². The van der Waals surface area contributed by atoms with Crippen molar-refractivity contribution in [3.63, 3.8) is 0 Å². The zero-order valence-electron chi connectivity index (χ0n) is 12.5. The summed E-state index contributed by atoms with van der Waals surface area (Å²) in [6.07, 6.45) is 0. The van der Waals surface area contributed by atoms with Crippen LogP contribution in [0.1, 0.15) is 0 Å². The quantitative estimate of drug-likeness (QED) is 0.765. The topological polar surface area (TPSA) is 79.9 Å². The Balaban J connectivity index is 0.00000132. The molecule has 0 atom stereocenters. The van der Waals surface area contributed by atoms with Gasteiger partial charge in [0, 0.05) is 45.3 Å². The number of hydrogen-bond donors (Lipinski definition) is 2. The van der Waals surface area contributed by atoms with Crippen LogP contribution in [-0.4, -0.2) is 59.4 Å². The molecule has 0 aliphatic carbocycles. The molecule has 0 saturated carbocycles. The van der Waals surface area contributed by atoms with Crippen molar-refractivity contribution in [3.05, 3.63) is 18.2 Å². The van der Waals surface area contributed by atoms with Gasteiger partial charge in [0.1, 0.15) is 0 Å². The second kappa shape index (κ2) is 8.91. The minimum atomic E-state index is -3.51. The van der Waals surface area contributed by atoms with Crippen LogP contribution in [0, 0.1) is 0 Å². The smallest absolute Gasteiger partial charge is 0.240 e. The van der Waals surface area contributed by atoms with E-state index in [-0.39, 0.29) is 36.5 Å². The Labute approximate surface area is 148 Å². The predicted molar refractivity (Wildman–Crippen MR) is 91.6 cm³/mol. The number of benzene rings is 1. The van der Waals surface area contributed by atoms with Gasteiger partial charge in [-0.3, -0.25) is 4.90 Å². The van der Waals surface area contributed by atoms with Gasteiger partial charge < -0.3 is 14.8 Å². The first-order valence-electron chi connectivity index (χ1n) is 6.97. The molecular formula is C13H21Cl2N3O4S. The number of piperazine rings is 1. The molecule has 0 spiro atoms. The normalized spacial score (nSPS) is 17.2. The molecule has 2 N–H and O–H groups in total. The van der Waals surface area contributed by atoms with Crippen LogP contribution in [0.2, 0.25) is 0 Å². The number of hydrogen-bond acceptors (Lipinski definition) is 6. The van der Waals surface area contributed by atoms with E-state index in [1.54, 1.807) is 6.07 Å². The minimum absolute atomic E-state index is 0. The monoisotopic (exact) mass is 385 g/mol. The van der Waals surface area contributed by atoms with Crippen molar-refractivity contribution < 1.29 is 17.9 Å². The number of ether oxygens (including phenoxy) is 2. The summed E-state index contributed by atoms with van der Waals surface area (Å²) in [6.45, 7) is 5.05. The number of nitrogens with zero attached hydrogens (tertiary/aromatic N) is 1. The summed E-state index contributed by atoms with van der Waals surface area (Å²) in [6, 6.07) is 4.64. The SMILES string of the molecule is Cl.Cl.O=S(=O)(NCCN1CCNCC1)c1ccc2c(c1)OCO2. The molecule has 1 saturated heterocycles. The number of halogens is 2. The lowest BCUT2D eigenvalue weighted by atomic mass is 10.3. The highest BCUT2D eigenvalue weighted by molar-refractivity contribution is 7.89. The van der Waals surface area contributed by atoms with E-state index in [9.17, 15) is 8.42 Å². The third-order valence-corrected chi connectivity index (χ3v) is 5.04. The second-order valence-corrected chi connectivity index (χ2v) is 6.77. The van der Waals surface area contributed by atoms with Gasteiger partial charge >= 0.3 is 0 Å². The molecule has 2 aliphatic rings.